The van der Waals surface area contributed by atoms with Crippen molar-refractivity contribution in [3.05, 3.63) is 0 Å². The second-order valence-electron chi connectivity index (χ2n) is 4.67. The van der Waals surface area contributed by atoms with Gasteiger partial charge in [-0.15, -0.1) is 0 Å². The largest absolute Gasteiger partial charge is 0.375 e. The van der Waals surface area contributed by atoms with Crippen LogP contribution in [0.5, 0.6) is 0 Å². The van der Waals surface area contributed by atoms with Crippen LogP contribution in [-0.4, -0.2) is 25.4 Å². The second-order valence-corrected chi connectivity index (χ2v) is 4.67. The Labute approximate surface area is 80.6 Å². The molecule has 0 aliphatic carbocycles. The summed E-state index contributed by atoms with van der Waals surface area (Å²) < 4.78 is 11.7. The summed E-state index contributed by atoms with van der Waals surface area (Å²) in [6.45, 7) is 8.57. The molecule has 0 aromatic rings. The highest BCUT2D eigenvalue weighted by molar-refractivity contribution is 4.94. The van der Waals surface area contributed by atoms with Gasteiger partial charge in [-0.1, -0.05) is 20.8 Å². The van der Waals surface area contributed by atoms with Gasteiger partial charge in [0.15, 0.2) is 0 Å². The van der Waals surface area contributed by atoms with Crippen molar-refractivity contribution in [1.82, 2.24) is 0 Å². The van der Waals surface area contributed by atoms with Crippen LogP contribution >= 0.6 is 0 Å². The molecule has 0 spiro atoms. The van der Waals surface area contributed by atoms with Crippen molar-refractivity contribution in [2.75, 3.05) is 13.2 Å². The Balaban J connectivity index is 2.03. The van der Waals surface area contributed by atoms with E-state index in [1.165, 1.54) is 6.42 Å². The van der Waals surface area contributed by atoms with Crippen LogP contribution < -0.4 is 0 Å². The van der Waals surface area contributed by atoms with Gasteiger partial charge in [0.25, 0.3) is 0 Å². The summed E-state index contributed by atoms with van der Waals surface area (Å²) in [5.41, 5.74) is 0. The molecular formula is C11H20O2. The summed E-state index contributed by atoms with van der Waals surface area (Å²) >= 11 is 0. The lowest BCUT2D eigenvalue weighted by molar-refractivity contribution is 0.0548. The Morgan fingerprint density at radius 1 is 1.15 bits per heavy atom. The highest BCUT2D eigenvalue weighted by Crippen LogP contribution is 2.38. The number of ether oxygens (including phenoxy) is 2. The Morgan fingerprint density at radius 2 is 1.85 bits per heavy atom. The van der Waals surface area contributed by atoms with Gasteiger partial charge in [0, 0.05) is 11.8 Å². The van der Waals surface area contributed by atoms with Gasteiger partial charge in [-0.3, -0.25) is 0 Å². The molecule has 0 aromatic heterocycles. The van der Waals surface area contributed by atoms with Crippen LogP contribution in [0.3, 0.4) is 0 Å². The summed E-state index contributed by atoms with van der Waals surface area (Å²) in [7, 11) is 0. The Morgan fingerprint density at radius 3 is 2.46 bits per heavy atom. The zero-order valence-electron chi connectivity index (χ0n) is 8.82. The molecule has 2 saturated heterocycles. The molecule has 2 heteroatoms. The Bertz CT molecular complexity index is 179. The molecular weight excluding hydrogens is 164 g/mol. The lowest BCUT2D eigenvalue weighted by Gasteiger charge is -2.19. The predicted molar refractivity (Wildman–Crippen MR) is 51.6 cm³/mol. The summed E-state index contributed by atoms with van der Waals surface area (Å²) in [6.07, 6.45) is 1.98. The normalized spacial score (nSPS) is 44.3. The summed E-state index contributed by atoms with van der Waals surface area (Å²) in [5, 5.41) is 0. The second kappa shape index (κ2) is 3.58. The third kappa shape index (κ3) is 1.50. The van der Waals surface area contributed by atoms with E-state index in [9.17, 15) is 0 Å². The van der Waals surface area contributed by atoms with Crippen LogP contribution in [0.15, 0.2) is 0 Å². The van der Waals surface area contributed by atoms with Gasteiger partial charge in [-0.2, -0.15) is 0 Å². The molecule has 13 heavy (non-hydrogen) atoms. The number of rotatable bonds is 2. The zero-order valence-corrected chi connectivity index (χ0v) is 8.82. The summed E-state index contributed by atoms with van der Waals surface area (Å²) in [5.74, 6) is 1.96. The minimum absolute atomic E-state index is 0.393. The smallest absolute Gasteiger partial charge is 0.0892 e. The topological polar surface area (TPSA) is 18.5 Å². The fraction of sp³-hybridized carbons (Fsp3) is 1.00. The molecule has 2 aliphatic rings. The maximum atomic E-state index is 5.83. The van der Waals surface area contributed by atoms with Crippen molar-refractivity contribution < 1.29 is 9.47 Å². The predicted octanol–water partition coefficient (Wildman–Crippen LogP) is 2.08. The summed E-state index contributed by atoms with van der Waals surface area (Å²) in [4.78, 5) is 0. The first-order valence-corrected chi connectivity index (χ1v) is 5.47. The Hall–Kier alpha value is -0.0800. The highest BCUT2D eigenvalue weighted by atomic mass is 16.6. The van der Waals surface area contributed by atoms with E-state index in [1.807, 2.05) is 0 Å². The maximum Gasteiger partial charge on any atom is 0.0892 e. The average Bonchev–Trinajstić information content (AvgIpc) is 2.61. The standard InChI is InChI=1S/C11H20O2/c1-4-8-5-12-11-9(7(2)3)6-13-10(8)11/h7-11H,4-6H2,1-3H3/t8-,9-,10?,11?/m1/s1. The molecule has 2 rings (SSSR count). The molecule has 76 valence electrons. The van der Waals surface area contributed by atoms with Gasteiger partial charge in [-0.25, -0.2) is 0 Å². The van der Waals surface area contributed by atoms with Gasteiger partial charge in [0.2, 0.25) is 0 Å². The quantitative estimate of drug-likeness (QED) is 0.654. The molecule has 0 bridgehead atoms. The lowest BCUT2D eigenvalue weighted by Crippen LogP contribution is -2.28. The maximum absolute atomic E-state index is 5.83. The zero-order chi connectivity index (χ0) is 9.42. The van der Waals surface area contributed by atoms with Gasteiger partial charge in [-0.05, 0) is 12.3 Å². The minimum atomic E-state index is 0.393. The highest BCUT2D eigenvalue weighted by Gasteiger charge is 2.47. The van der Waals surface area contributed by atoms with Gasteiger partial charge in [0.1, 0.15) is 0 Å². The van der Waals surface area contributed by atoms with Crippen LogP contribution in [0, 0.1) is 17.8 Å². The van der Waals surface area contributed by atoms with Crippen LogP contribution in [0.4, 0.5) is 0 Å². The van der Waals surface area contributed by atoms with Crippen molar-refractivity contribution in [1.29, 1.82) is 0 Å². The average molecular weight is 184 g/mol. The van der Waals surface area contributed by atoms with Crippen LogP contribution in [-0.2, 0) is 9.47 Å². The first-order valence-electron chi connectivity index (χ1n) is 5.47. The molecule has 2 unspecified atom stereocenters. The Kier molecular flexibility index (Phi) is 2.61. The van der Waals surface area contributed by atoms with Crippen molar-refractivity contribution >= 4 is 0 Å². The number of hydrogen-bond donors (Lipinski definition) is 0. The van der Waals surface area contributed by atoms with E-state index in [0.29, 0.717) is 30.0 Å². The molecule has 4 atom stereocenters. The van der Waals surface area contributed by atoms with Crippen molar-refractivity contribution in [2.24, 2.45) is 17.8 Å². The molecule has 0 radical (unpaired) electrons. The third-order valence-electron chi connectivity index (χ3n) is 3.57. The van der Waals surface area contributed by atoms with E-state index in [-0.39, 0.29) is 0 Å². The van der Waals surface area contributed by atoms with E-state index < -0.39 is 0 Å². The fourth-order valence-electron chi connectivity index (χ4n) is 2.53. The molecule has 2 aliphatic heterocycles. The van der Waals surface area contributed by atoms with Gasteiger partial charge < -0.3 is 9.47 Å². The van der Waals surface area contributed by atoms with Crippen molar-refractivity contribution in [2.45, 2.75) is 39.4 Å². The van der Waals surface area contributed by atoms with E-state index in [0.717, 1.165) is 13.2 Å². The number of hydrogen-bond acceptors (Lipinski definition) is 2. The third-order valence-corrected chi connectivity index (χ3v) is 3.57. The SMILES string of the molecule is CC[C@@H]1COC2C1OC[C@@H]2C(C)C. The molecule has 0 aromatic carbocycles. The first-order chi connectivity index (χ1) is 6.24. The van der Waals surface area contributed by atoms with Crippen LogP contribution in [0.2, 0.25) is 0 Å². The molecule has 2 fully saturated rings. The molecule has 0 amide bonds. The first kappa shape index (κ1) is 9.47. The summed E-state index contributed by atoms with van der Waals surface area (Å²) in [6, 6.07) is 0. The van der Waals surface area contributed by atoms with E-state index in [1.54, 1.807) is 0 Å². The van der Waals surface area contributed by atoms with Crippen LogP contribution in [0.25, 0.3) is 0 Å². The van der Waals surface area contributed by atoms with Gasteiger partial charge in [0.05, 0.1) is 25.4 Å². The monoisotopic (exact) mass is 184 g/mol. The van der Waals surface area contributed by atoms with E-state index >= 15 is 0 Å². The van der Waals surface area contributed by atoms with Crippen LogP contribution in [0.1, 0.15) is 27.2 Å². The minimum Gasteiger partial charge on any atom is -0.375 e. The van der Waals surface area contributed by atoms with Gasteiger partial charge >= 0.3 is 0 Å². The number of fused-ring (bicyclic) bond motifs is 1. The lowest BCUT2D eigenvalue weighted by atomic mass is 9.88. The molecule has 0 saturated carbocycles. The van der Waals surface area contributed by atoms with Crippen molar-refractivity contribution in [3.63, 3.8) is 0 Å². The van der Waals surface area contributed by atoms with Crippen molar-refractivity contribution in [3.8, 4) is 0 Å². The molecule has 0 N–H and O–H groups in total. The fourth-order valence-corrected chi connectivity index (χ4v) is 2.53. The molecule has 2 nitrogen and oxygen atoms in total. The van der Waals surface area contributed by atoms with E-state index in [2.05, 4.69) is 20.8 Å². The van der Waals surface area contributed by atoms with E-state index in [4.69, 9.17) is 9.47 Å². The molecule has 2 heterocycles.